The van der Waals surface area contributed by atoms with Crippen molar-refractivity contribution in [2.75, 3.05) is 26.2 Å². The standard InChI is InChI=1S/C15H20F2N2O/c1-2-19(12-5-7-18-8-6-12)10-15(20)11-3-4-13(16)14(17)9-11/h3-4,9,12,18H,2,5-8,10H2,1H3. The fourth-order valence-electron chi connectivity index (χ4n) is 2.62. The predicted octanol–water partition coefficient (Wildman–Crippen LogP) is 2.22. The van der Waals surface area contributed by atoms with Gasteiger partial charge >= 0.3 is 0 Å². The third kappa shape index (κ3) is 3.61. The first-order chi connectivity index (χ1) is 9.61. The van der Waals surface area contributed by atoms with Crippen molar-refractivity contribution in [3.63, 3.8) is 0 Å². The number of carbonyl (C=O) groups is 1. The van der Waals surface area contributed by atoms with E-state index in [4.69, 9.17) is 0 Å². The first-order valence-electron chi connectivity index (χ1n) is 7.05. The molecule has 0 unspecified atom stereocenters. The van der Waals surface area contributed by atoms with Crippen molar-refractivity contribution in [1.82, 2.24) is 10.2 Å². The summed E-state index contributed by atoms with van der Waals surface area (Å²) in [5.74, 6) is -2.06. The molecule has 1 N–H and O–H groups in total. The molecule has 0 amide bonds. The van der Waals surface area contributed by atoms with Crippen molar-refractivity contribution < 1.29 is 13.6 Å². The lowest BCUT2D eigenvalue weighted by Crippen LogP contribution is -2.45. The zero-order valence-corrected chi connectivity index (χ0v) is 11.7. The summed E-state index contributed by atoms with van der Waals surface area (Å²) in [7, 11) is 0. The van der Waals surface area contributed by atoms with Crippen LogP contribution in [0.2, 0.25) is 0 Å². The monoisotopic (exact) mass is 282 g/mol. The number of halogens is 2. The van der Waals surface area contributed by atoms with Crippen LogP contribution in [0.25, 0.3) is 0 Å². The number of benzene rings is 1. The number of ketones is 1. The van der Waals surface area contributed by atoms with Gasteiger partial charge in [0.15, 0.2) is 17.4 Å². The van der Waals surface area contributed by atoms with Gasteiger partial charge in [-0.2, -0.15) is 0 Å². The van der Waals surface area contributed by atoms with E-state index in [1.165, 1.54) is 6.07 Å². The van der Waals surface area contributed by atoms with Gasteiger partial charge in [0.2, 0.25) is 0 Å². The Hall–Kier alpha value is -1.33. The molecule has 1 heterocycles. The molecule has 5 heteroatoms. The van der Waals surface area contributed by atoms with Gasteiger partial charge in [0, 0.05) is 11.6 Å². The summed E-state index contributed by atoms with van der Waals surface area (Å²) >= 11 is 0. The molecule has 1 aliphatic rings. The van der Waals surface area contributed by atoms with Gasteiger partial charge in [-0.1, -0.05) is 6.92 Å². The highest BCUT2D eigenvalue weighted by molar-refractivity contribution is 5.97. The fourth-order valence-corrected chi connectivity index (χ4v) is 2.62. The molecule has 0 radical (unpaired) electrons. The molecule has 0 aromatic heterocycles. The second kappa shape index (κ2) is 6.90. The van der Waals surface area contributed by atoms with E-state index >= 15 is 0 Å². The largest absolute Gasteiger partial charge is 0.317 e. The Kier molecular flexibility index (Phi) is 5.20. The molecule has 1 aromatic rings. The molecule has 20 heavy (non-hydrogen) atoms. The Balaban J connectivity index is 2.02. The van der Waals surface area contributed by atoms with Crippen molar-refractivity contribution in [1.29, 1.82) is 0 Å². The number of piperidine rings is 1. The molecular weight excluding hydrogens is 262 g/mol. The third-order valence-electron chi connectivity index (χ3n) is 3.82. The van der Waals surface area contributed by atoms with Crippen molar-refractivity contribution >= 4 is 5.78 Å². The number of nitrogens with zero attached hydrogens (tertiary/aromatic N) is 1. The van der Waals surface area contributed by atoms with E-state index in [1.54, 1.807) is 0 Å². The molecular formula is C15H20F2N2O. The Morgan fingerprint density at radius 3 is 2.60 bits per heavy atom. The maximum Gasteiger partial charge on any atom is 0.176 e. The maximum absolute atomic E-state index is 13.2. The average Bonchev–Trinajstić information content (AvgIpc) is 2.48. The van der Waals surface area contributed by atoms with Gasteiger partial charge in [-0.3, -0.25) is 9.69 Å². The Labute approximate surface area is 118 Å². The predicted molar refractivity (Wildman–Crippen MR) is 73.8 cm³/mol. The summed E-state index contributed by atoms with van der Waals surface area (Å²) in [5, 5.41) is 3.29. The second-order valence-electron chi connectivity index (χ2n) is 5.10. The van der Waals surface area contributed by atoms with Gasteiger partial charge in [0.05, 0.1) is 6.54 Å². The molecule has 0 atom stereocenters. The van der Waals surface area contributed by atoms with Crippen LogP contribution in [0.5, 0.6) is 0 Å². The third-order valence-corrected chi connectivity index (χ3v) is 3.82. The average molecular weight is 282 g/mol. The van der Waals surface area contributed by atoms with Gasteiger partial charge in [-0.25, -0.2) is 8.78 Å². The van der Waals surface area contributed by atoms with E-state index < -0.39 is 11.6 Å². The van der Waals surface area contributed by atoms with E-state index in [2.05, 4.69) is 10.2 Å². The highest BCUT2D eigenvalue weighted by Crippen LogP contribution is 2.14. The number of likely N-dealkylation sites (N-methyl/N-ethyl adjacent to an activating group) is 1. The van der Waals surface area contributed by atoms with Gasteiger partial charge < -0.3 is 5.32 Å². The van der Waals surface area contributed by atoms with Crippen LogP contribution in [0.3, 0.4) is 0 Å². The van der Waals surface area contributed by atoms with Crippen LogP contribution in [-0.2, 0) is 0 Å². The van der Waals surface area contributed by atoms with Crippen LogP contribution < -0.4 is 5.32 Å². The minimum absolute atomic E-state index is 0.163. The van der Waals surface area contributed by atoms with Crippen LogP contribution in [0.1, 0.15) is 30.1 Å². The highest BCUT2D eigenvalue weighted by Gasteiger charge is 2.22. The van der Waals surface area contributed by atoms with Crippen LogP contribution in [-0.4, -0.2) is 42.9 Å². The molecule has 1 aliphatic heterocycles. The van der Waals surface area contributed by atoms with Crippen LogP contribution in [0.4, 0.5) is 8.78 Å². The number of rotatable bonds is 5. The lowest BCUT2D eigenvalue weighted by molar-refractivity contribution is 0.0873. The molecule has 1 fully saturated rings. The molecule has 0 saturated carbocycles. The molecule has 110 valence electrons. The van der Waals surface area contributed by atoms with Crippen molar-refractivity contribution in [3.8, 4) is 0 Å². The van der Waals surface area contributed by atoms with Crippen molar-refractivity contribution in [2.24, 2.45) is 0 Å². The van der Waals surface area contributed by atoms with E-state index in [1.807, 2.05) is 6.92 Å². The fraction of sp³-hybridized carbons (Fsp3) is 0.533. The number of carbonyl (C=O) groups excluding carboxylic acids is 1. The minimum atomic E-state index is -0.972. The lowest BCUT2D eigenvalue weighted by Gasteiger charge is -2.33. The van der Waals surface area contributed by atoms with E-state index in [9.17, 15) is 13.6 Å². The number of nitrogens with one attached hydrogen (secondary N) is 1. The van der Waals surface area contributed by atoms with Gasteiger partial charge in [0.1, 0.15) is 0 Å². The van der Waals surface area contributed by atoms with E-state index in [0.29, 0.717) is 6.04 Å². The summed E-state index contributed by atoms with van der Waals surface area (Å²) in [5.41, 5.74) is 0.233. The molecule has 0 bridgehead atoms. The number of hydrogen-bond acceptors (Lipinski definition) is 3. The number of hydrogen-bond donors (Lipinski definition) is 1. The maximum atomic E-state index is 13.2. The van der Waals surface area contributed by atoms with Crippen molar-refractivity contribution in [2.45, 2.75) is 25.8 Å². The molecule has 0 spiro atoms. The van der Waals surface area contributed by atoms with Gasteiger partial charge in [0.25, 0.3) is 0 Å². The smallest absolute Gasteiger partial charge is 0.176 e. The molecule has 3 nitrogen and oxygen atoms in total. The Morgan fingerprint density at radius 1 is 1.30 bits per heavy atom. The zero-order valence-electron chi connectivity index (χ0n) is 11.7. The second-order valence-corrected chi connectivity index (χ2v) is 5.10. The summed E-state index contributed by atoms with van der Waals surface area (Å²) in [4.78, 5) is 14.3. The quantitative estimate of drug-likeness (QED) is 0.841. The SMILES string of the molecule is CCN(CC(=O)c1ccc(F)c(F)c1)C1CCNCC1. The zero-order chi connectivity index (χ0) is 14.5. The summed E-state index contributed by atoms with van der Waals surface area (Å²) < 4.78 is 26.0. The summed E-state index contributed by atoms with van der Waals surface area (Å²) in [6.07, 6.45) is 2.03. The summed E-state index contributed by atoms with van der Waals surface area (Å²) in [6.45, 7) is 4.97. The van der Waals surface area contributed by atoms with E-state index in [0.717, 1.165) is 44.6 Å². The first kappa shape index (κ1) is 15.1. The lowest BCUT2D eigenvalue weighted by atomic mass is 10.0. The Bertz CT molecular complexity index is 473. The summed E-state index contributed by atoms with van der Waals surface area (Å²) in [6, 6.07) is 3.71. The molecule has 0 aliphatic carbocycles. The van der Waals surface area contributed by atoms with Crippen molar-refractivity contribution in [3.05, 3.63) is 35.4 Å². The van der Waals surface area contributed by atoms with Gasteiger partial charge in [-0.05, 0) is 50.7 Å². The first-order valence-corrected chi connectivity index (χ1v) is 7.05. The highest BCUT2D eigenvalue weighted by atomic mass is 19.2. The molecule has 1 saturated heterocycles. The topological polar surface area (TPSA) is 32.3 Å². The Morgan fingerprint density at radius 2 is 2.00 bits per heavy atom. The van der Waals surface area contributed by atoms with Crippen LogP contribution in [0, 0.1) is 11.6 Å². The minimum Gasteiger partial charge on any atom is -0.317 e. The number of Topliss-reactive ketones (excluding diaryl/α,β-unsaturated/α-hetero) is 1. The van der Waals surface area contributed by atoms with Crippen LogP contribution in [0.15, 0.2) is 18.2 Å². The van der Waals surface area contributed by atoms with E-state index in [-0.39, 0.29) is 17.9 Å². The normalized spacial score (nSPS) is 16.6. The van der Waals surface area contributed by atoms with Crippen LogP contribution >= 0.6 is 0 Å². The molecule has 2 rings (SSSR count). The molecule has 1 aromatic carbocycles. The van der Waals surface area contributed by atoms with Gasteiger partial charge in [-0.15, -0.1) is 0 Å².